The third-order valence-corrected chi connectivity index (χ3v) is 4.90. The lowest BCUT2D eigenvalue weighted by Crippen LogP contribution is -2.47. The number of nitrogens with zero attached hydrogens (tertiary/aromatic N) is 5. The first-order valence-corrected chi connectivity index (χ1v) is 9.24. The number of aliphatic hydroxyl groups excluding tert-OH is 2. The Balaban J connectivity index is 1.58. The molecule has 0 saturated carbocycles. The zero-order valence-corrected chi connectivity index (χ0v) is 16.0. The summed E-state index contributed by atoms with van der Waals surface area (Å²) >= 11 is 0. The first-order valence-electron chi connectivity index (χ1n) is 9.24. The number of nitriles is 1. The van der Waals surface area contributed by atoms with Crippen molar-refractivity contribution in [3.63, 3.8) is 0 Å². The molecule has 160 valence electrons. The Hall–Kier alpha value is -3.79. The molecule has 0 radical (unpaired) electrons. The maximum Gasteiger partial charge on any atom is 0.515 e. The Bertz CT molecular complexity index is 1130. The highest BCUT2D eigenvalue weighted by Gasteiger charge is 2.51. The molecule has 0 aliphatic carbocycles. The molecule has 1 aliphatic rings. The summed E-state index contributed by atoms with van der Waals surface area (Å²) in [5.41, 5.74) is 4.37. The molecule has 0 bridgehead atoms. The summed E-state index contributed by atoms with van der Waals surface area (Å²) in [5, 5.41) is 35.3. The Morgan fingerprint density at radius 3 is 2.90 bits per heavy atom. The van der Waals surface area contributed by atoms with Gasteiger partial charge >= 0.3 is 6.16 Å². The van der Waals surface area contributed by atoms with E-state index >= 15 is 0 Å². The highest BCUT2D eigenvalue weighted by molar-refractivity contribution is 5.66. The number of anilines is 1. The molecule has 12 nitrogen and oxygen atoms in total. The van der Waals surface area contributed by atoms with Gasteiger partial charge in [-0.1, -0.05) is 6.07 Å². The van der Waals surface area contributed by atoms with Crippen LogP contribution in [-0.4, -0.2) is 60.9 Å². The van der Waals surface area contributed by atoms with E-state index in [0.717, 1.165) is 0 Å². The third-order valence-electron chi connectivity index (χ3n) is 4.90. The molecule has 1 aliphatic heterocycles. The molecule has 3 aromatic heterocycles. The number of hydrogen-bond donors (Lipinski definition) is 3. The van der Waals surface area contributed by atoms with Gasteiger partial charge in [0.15, 0.2) is 5.82 Å². The summed E-state index contributed by atoms with van der Waals surface area (Å²) in [6, 6.07) is 9.74. The summed E-state index contributed by atoms with van der Waals surface area (Å²) < 4.78 is 17.2. The second-order valence-electron chi connectivity index (χ2n) is 6.83. The highest BCUT2D eigenvalue weighted by Crippen LogP contribution is 2.36. The molecule has 0 spiro atoms. The second kappa shape index (κ2) is 8.15. The van der Waals surface area contributed by atoms with Gasteiger partial charge in [-0.05, 0) is 18.2 Å². The molecule has 4 N–H and O–H groups in total. The summed E-state index contributed by atoms with van der Waals surface area (Å²) in [6.45, 7) is -0.299. The number of pyridine rings is 1. The number of nitrogen functional groups attached to an aromatic ring is 1. The van der Waals surface area contributed by atoms with Crippen molar-refractivity contribution in [1.82, 2.24) is 19.6 Å². The molecule has 1 saturated heterocycles. The van der Waals surface area contributed by atoms with Crippen molar-refractivity contribution in [2.45, 2.75) is 30.3 Å². The second-order valence-corrected chi connectivity index (χ2v) is 6.83. The molecule has 0 aromatic carbocycles. The number of carbonyl (C=O) groups is 1. The van der Waals surface area contributed by atoms with Crippen molar-refractivity contribution in [3.05, 3.63) is 48.5 Å². The minimum absolute atomic E-state index is 0.0333. The number of aliphatic hydroxyl groups is 2. The van der Waals surface area contributed by atoms with Crippen LogP contribution in [0.1, 0.15) is 12.1 Å². The van der Waals surface area contributed by atoms with Gasteiger partial charge in [0.2, 0.25) is 11.5 Å². The van der Waals surface area contributed by atoms with Crippen LogP contribution in [0, 0.1) is 11.3 Å². The Morgan fingerprint density at radius 1 is 1.32 bits per heavy atom. The van der Waals surface area contributed by atoms with Crippen molar-refractivity contribution in [3.8, 4) is 11.9 Å². The number of fused-ring (bicyclic) bond motifs is 1. The molecule has 0 amide bonds. The van der Waals surface area contributed by atoms with Crippen molar-refractivity contribution in [2.75, 3.05) is 12.3 Å². The largest absolute Gasteiger partial charge is 0.515 e. The first kappa shape index (κ1) is 20.5. The molecule has 4 atom stereocenters. The topological polar surface area (TPSA) is 178 Å². The fraction of sp³-hybridized carbons (Fsp3) is 0.316. The van der Waals surface area contributed by atoms with Crippen LogP contribution in [-0.2, 0) is 15.1 Å². The number of hydrogen-bond acceptors (Lipinski definition) is 11. The van der Waals surface area contributed by atoms with E-state index < -0.39 is 30.1 Å². The van der Waals surface area contributed by atoms with Gasteiger partial charge in [-0.2, -0.15) is 10.4 Å². The molecular weight excluding hydrogens is 408 g/mol. The van der Waals surface area contributed by atoms with E-state index in [1.54, 1.807) is 18.2 Å². The van der Waals surface area contributed by atoms with Gasteiger partial charge in [-0.25, -0.2) is 19.3 Å². The smallest absolute Gasteiger partial charge is 0.428 e. The van der Waals surface area contributed by atoms with Crippen LogP contribution < -0.4 is 10.5 Å². The number of rotatable bonds is 3. The van der Waals surface area contributed by atoms with Crippen LogP contribution in [0.25, 0.3) is 5.52 Å². The van der Waals surface area contributed by atoms with Gasteiger partial charge in [0, 0.05) is 18.7 Å². The predicted molar refractivity (Wildman–Crippen MR) is 102 cm³/mol. The summed E-state index contributed by atoms with van der Waals surface area (Å²) in [4.78, 5) is 19.8. The lowest BCUT2D eigenvalue weighted by atomic mass is 9.89. The summed E-state index contributed by atoms with van der Waals surface area (Å²) in [5.74, 6) is 0.197. The van der Waals surface area contributed by atoms with Crippen molar-refractivity contribution < 1.29 is 29.2 Å². The van der Waals surface area contributed by atoms with E-state index in [2.05, 4.69) is 15.1 Å². The van der Waals surface area contributed by atoms with Crippen LogP contribution in [0.15, 0.2) is 42.9 Å². The molecule has 1 fully saturated rings. The molecule has 4 rings (SSSR count). The highest BCUT2D eigenvalue weighted by atomic mass is 16.7. The normalized spacial score (nSPS) is 26.0. The number of carbonyl (C=O) groups excluding carboxylic acids is 1. The Labute approximate surface area is 175 Å². The maximum absolute atomic E-state index is 12.1. The number of aromatic nitrogens is 4. The molecule has 3 aromatic rings. The summed E-state index contributed by atoms with van der Waals surface area (Å²) in [7, 11) is 0. The third kappa shape index (κ3) is 3.73. The van der Waals surface area contributed by atoms with E-state index in [1.165, 1.54) is 29.2 Å². The van der Waals surface area contributed by atoms with Gasteiger partial charge in [-0.15, -0.1) is 0 Å². The van der Waals surface area contributed by atoms with E-state index in [0.29, 0.717) is 5.52 Å². The minimum Gasteiger partial charge on any atom is -0.428 e. The van der Waals surface area contributed by atoms with E-state index in [-0.39, 0.29) is 30.4 Å². The monoisotopic (exact) mass is 426 g/mol. The maximum atomic E-state index is 12.1. The average Bonchev–Trinajstić information content (AvgIpc) is 3.16. The Kier molecular flexibility index (Phi) is 5.38. The SMILES string of the molecule is N#C[C@@]1(c2ccc3c(N)ncnn23)OCC(OC(=O)Oc2ccccn2)C[C@@H](O)[C@H]1O. The van der Waals surface area contributed by atoms with Crippen LogP contribution in [0.4, 0.5) is 10.6 Å². The quantitative estimate of drug-likeness (QED) is 0.485. The van der Waals surface area contributed by atoms with Crippen LogP contribution in [0.3, 0.4) is 0 Å². The first-order chi connectivity index (χ1) is 14.9. The zero-order chi connectivity index (χ0) is 22.0. The average molecular weight is 426 g/mol. The van der Waals surface area contributed by atoms with Gasteiger partial charge in [0.1, 0.15) is 30.1 Å². The number of ether oxygens (including phenoxy) is 3. The molecule has 12 heteroatoms. The fourth-order valence-electron chi connectivity index (χ4n) is 3.40. The Morgan fingerprint density at radius 2 is 2.16 bits per heavy atom. The van der Waals surface area contributed by atoms with Crippen molar-refractivity contribution in [1.29, 1.82) is 5.26 Å². The van der Waals surface area contributed by atoms with Crippen molar-refractivity contribution >= 4 is 17.5 Å². The fourth-order valence-corrected chi connectivity index (χ4v) is 3.40. The molecule has 31 heavy (non-hydrogen) atoms. The molecule has 1 unspecified atom stereocenters. The van der Waals surface area contributed by atoms with E-state index in [9.17, 15) is 20.3 Å². The van der Waals surface area contributed by atoms with Gasteiger partial charge in [0.05, 0.1) is 18.4 Å². The lowest BCUT2D eigenvalue weighted by molar-refractivity contribution is -0.122. The lowest BCUT2D eigenvalue weighted by Gasteiger charge is -2.31. The van der Waals surface area contributed by atoms with Crippen LogP contribution in [0.5, 0.6) is 5.88 Å². The predicted octanol–water partition coefficient (Wildman–Crippen LogP) is 0.152. The van der Waals surface area contributed by atoms with Crippen molar-refractivity contribution in [2.24, 2.45) is 0 Å². The van der Waals surface area contributed by atoms with Crippen LogP contribution in [0.2, 0.25) is 0 Å². The standard InChI is InChI=1S/C19H18N6O6/c20-9-19(14-5-4-12-17(21)23-10-24-25(12)14)16(27)13(26)7-11(8-29-19)30-18(28)31-15-3-1-2-6-22-15/h1-6,10-11,13,16,26-27H,7-8H2,(H2,21,23,24)/t11?,13-,16-,19+/m1/s1. The minimum atomic E-state index is -2.00. The van der Waals surface area contributed by atoms with Crippen LogP contribution >= 0.6 is 0 Å². The number of nitrogens with two attached hydrogens (primary N) is 1. The summed E-state index contributed by atoms with van der Waals surface area (Å²) in [6.07, 6.45) is -2.75. The van der Waals surface area contributed by atoms with Gasteiger partial charge < -0.3 is 30.2 Å². The molecule has 4 heterocycles. The zero-order valence-electron chi connectivity index (χ0n) is 16.0. The molecular formula is C19H18N6O6. The van der Waals surface area contributed by atoms with Gasteiger partial charge in [0.25, 0.3) is 0 Å². The van der Waals surface area contributed by atoms with Gasteiger partial charge in [-0.3, -0.25) is 0 Å². The van der Waals surface area contributed by atoms with E-state index in [4.69, 9.17) is 19.9 Å². The van der Waals surface area contributed by atoms with E-state index in [1.807, 2.05) is 6.07 Å².